The molecule has 9 nitrogen and oxygen atoms in total. The lowest BCUT2D eigenvalue weighted by atomic mass is 10.2. The maximum Gasteiger partial charge on any atom is 0.322 e. The molecule has 0 aliphatic carbocycles. The van der Waals surface area contributed by atoms with Crippen molar-refractivity contribution in [2.75, 3.05) is 10.0 Å². The number of hydrogen-bond donors (Lipinski definition) is 2. The first kappa shape index (κ1) is 18.4. The molecule has 2 aromatic carbocycles. The standard InChI is InChI=1S/C19H14N4O5S/c24-17(20-19-22-21-18(28-19)16-11-6-12-27-16)14-9-4-5-10-15(14)23-29(25,26)13-7-2-1-3-8-13/h1-12,23H,(H,20,22,24). The van der Waals surface area contributed by atoms with Crippen LogP contribution >= 0.6 is 0 Å². The molecule has 146 valence electrons. The lowest BCUT2D eigenvalue weighted by molar-refractivity contribution is 0.102. The van der Waals surface area contributed by atoms with Gasteiger partial charge in [-0.1, -0.05) is 35.4 Å². The van der Waals surface area contributed by atoms with Crippen LogP contribution in [0.15, 0.2) is 86.7 Å². The van der Waals surface area contributed by atoms with Gasteiger partial charge in [-0.15, -0.1) is 5.10 Å². The van der Waals surface area contributed by atoms with Crippen molar-refractivity contribution in [3.8, 4) is 11.7 Å². The van der Waals surface area contributed by atoms with Crippen LogP contribution in [0.4, 0.5) is 11.7 Å². The van der Waals surface area contributed by atoms with Crippen LogP contribution in [0.3, 0.4) is 0 Å². The van der Waals surface area contributed by atoms with Crippen molar-refractivity contribution in [1.82, 2.24) is 10.2 Å². The summed E-state index contributed by atoms with van der Waals surface area (Å²) in [5, 5.41) is 9.98. The number of hydrogen-bond acceptors (Lipinski definition) is 7. The molecule has 0 atom stereocenters. The number of aromatic nitrogens is 2. The van der Waals surface area contributed by atoms with E-state index in [1.54, 1.807) is 42.5 Å². The predicted molar refractivity (Wildman–Crippen MR) is 104 cm³/mol. The molecule has 2 aromatic heterocycles. The highest BCUT2D eigenvalue weighted by molar-refractivity contribution is 7.92. The summed E-state index contributed by atoms with van der Waals surface area (Å²) in [5.41, 5.74) is 0.199. The Balaban J connectivity index is 1.56. The SMILES string of the molecule is O=C(Nc1nnc(-c2ccco2)o1)c1ccccc1NS(=O)(=O)c1ccccc1. The number of carbonyl (C=O) groups is 1. The Morgan fingerprint density at radius 1 is 0.897 bits per heavy atom. The number of furan rings is 1. The summed E-state index contributed by atoms with van der Waals surface area (Å²) in [4.78, 5) is 12.7. The molecule has 0 spiro atoms. The maximum absolute atomic E-state index is 12.7. The number of para-hydroxylation sites is 1. The normalized spacial score (nSPS) is 11.2. The molecule has 0 unspecified atom stereocenters. The van der Waals surface area contributed by atoms with E-state index in [0.29, 0.717) is 5.76 Å². The van der Waals surface area contributed by atoms with Crippen LogP contribution in [-0.2, 0) is 10.0 Å². The molecule has 29 heavy (non-hydrogen) atoms. The van der Waals surface area contributed by atoms with Gasteiger partial charge in [0.2, 0.25) is 0 Å². The predicted octanol–water partition coefficient (Wildman–Crippen LogP) is 3.38. The first-order valence-corrected chi connectivity index (χ1v) is 9.87. The van der Waals surface area contributed by atoms with Gasteiger partial charge < -0.3 is 8.83 Å². The largest absolute Gasteiger partial charge is 0.459 e. The van der Waals surface area contributed by atoms with E-state index in [9.17, 15) is 13.2 Å². The van der Waals surface area contributed by atoms with E-state index < -0.39 is 15.9 Å². The molecule has 2 N–H and O–H groups in total. The van der Waals surface area contributed by atoms with Crippen LogP contribution in [-0.4, -0.2) is 24.5 Å². The second-order valence-corrected chi connectivity index (χ2v) is 7.49. The highest BCUT2D eigenvalue weighted by atomic mass is 32.2. The fraction of sp³-hybridized carbons (Fsp3) is 0. The van der Waals surface area contributed by atoms with Gasteiger partial charge in [-0.3, -0.25) is 14.8 Å². The summed E-state index contributed by atoms with van der Waals surface area (Å²) in [6.07, 6.45) is 1.45. The molecule has 0 bridgehead atoms. The summed E-state index contributed by atoms with van der Waals surface area (Å²) < 4.78 is 38.1. The van der Waals surface area contributed by atoms with E-state index in [1.165, 1.54) is 30.5 Å². The van der Waals surface area contributed by atoms with Crippen molar-refractivity contribution in [3.05, 3.63) is 78.6 Å². The Bertz CT molecular complexity index is 1230. The average molecular weight is 410 g/mol. The van der Waals surface area contributed by atoms with Gasteiger partial charge in [0.15, 0.2) is 5.76 Å². The van der Waals surface area contributed by atoms with Crippen LogP contribution in [0.5, 0.6) is 0 Å². The zero-order valence-corrected chi connectivity index (χ0v) is 15.6. The van der Waals surface area contributed by atoms with Crippen molar-refractivity contribution >= 4 is 27.6 Å². The molecule has 10 heteroatoms. The fourth-order valence-electron chi connectivity index (χ4n) is 2.51. The minimum Gasteiger partial charge on any atom is -0.459 e. The molecule has 0 radical (unpaired) electrons. The quantitative estimate of drug-likeness (QED) is 0.499. The molecular formula is C19H14N4O5S. The fourth-order valence-corrected chi connectivity index (χ4v) is 3.61. The Hall–Kier alpha value is -3.92. The van der Waals surface area contributed by atoms with Crippen molar-refractivity contribution in [2.45, 2.75) is 4.90 Å². The number of benzene rings is 2. The smallest absolute Gasteiger partial charge is 0.322 e. The molecule has 0 saturated heterocycles. The molecule has 4 aromatic rings. The van der Waals surface area contributed by atoms with Gasteiger partial charge in [-0.05, 0) is 36.4 Å². The first-order valence-electron chi connectivity index (χ1n) is 8.38. The Labute approximate surface area is 165 Å². The number of nitrogens with one attached hydrogen (secondary N) is 2. The molecule has 4 rings (SSSR count). The van der Waals surface area contributed by atoms with Gasteiger partial charge in [0.25, 0.3) is 21.8 Å². The van der Waals surface area contributed by atoms with Gasteiger partial charge in [-0.25, -0.2) is 8.42 Å². The number of nitrogens with zero attached hydrogens (tertiary/aromatic N) is 2. The van der Waals surface area contributed by atoms with E-state index in [-0.39, 0.29) is 28.1 Å². The van der Waals surface area contributed by atoms with Crippen LogP contribution in [0.25, 0.3) is 11.7 Å². The minimum atomic E-state index is -3.86. The zero-order chi connectivity index (χ0) is 20.3. The van der Waals surface area contributed by atoms with Crippen molar-refractivity contribution in [3.63, 3.8) is 0 Å². The summed E-state index contributed by atoms with van der Waals surface area (Å²) >= 11 is 0. The third kappa shape index (κ3) is 4.01. The molecule has 0 aliphatic rings. The van der Waals surface area contributed by atoms with Crippen LogP contribution in [0.2, 0.25) is 0 Å². The van der Waals surface area contributed by atoms with E-state index >= 15 is 0 Å². The van der Waals surface area contributed by atoms with Gasteiger partial charge >= 0.3 is 6.01 Å². The average Bonchev–Trinajstić information content (AvgIpc) is 3.40. The Kier molecular flexibility index (Phi) is 4.83. The van der Waals surface area contributed by atoms with Gasteiger partial charge in [-0.2, -0.15) is 0 Å². The molecule has 0 fully saturated rings. The lowest BCUT2D eigenvalue weighted by Gasteiger charge is -2.11. The lowest BCUT2D eigenvalue weighted by Crippen LogP contribution is -2.18. The van der Waals surface area contributed by atoms with Gasteiger partial charge in [0.1, 0.15) is 0 Å². The molecule has 0 saturated carbocycles. The molecule has 1 amide bonds. The van der Waals surface area contributed by atoms with Gasteiger partial charge in [0.05, 0.1) is 22.4 Å². The first-order chi connectivity index (χ1) is 14.0. The van der Waals surface area contributed by atoms with E-state index in [2.05, 4.69) is 20.2 Å². The second kappa shape index (κ2) is 7.60. The Morgan fingerprint density at radius 3 is 2.41 bits per heavy atom. The zero-order valence-electron chi connectivity index (χ0n) is 14.8. The summed E-state index contributed by atoms with van der Waals surface area (Å²) in [6, 6.07) is 17.2. The van der Waals surface area contributed by atoms with E-state index in [0.717, 1.165) is 0 Å². The molecule has 0 aliphatic heterocycles. The van der Waals surface area contributed by atoms with Gasteiger partial charge in [0, 0.05) is 0 Å². The molecule has 2 heterocycles. The highest BCUT2D eigenvalue weighted by Crippen LogP contribution is 2.23. The van der Waals surface area contributed by atoms with Crippen LogP contribution in [0.1, 0.15) is 10.4 Å². The highest BCUT2D eigenvalue weighted by Gasteiger charge is 2.20. The monoisotopic (exact) mass is 410 g/mol. The second-order valence-electron chi connectivity index (χ2n) is 5.81. The minimum absolute atomic E-state index is 0.0789. The van der Waals surface area contributed by atoms with Crippen LogP contribution in [0, 0.1) is 0 Å². The van der Waals surface area contributed by atoms with Crippen LogP contribution < -0.4 is 10.0 Å². The van der Waals surface area contributed by atoms with E-state index in [4.69, 9.17) is 8.83 Å². The summed E-state index contributed by atoms with van der Waals surface area (Å²) in [5.74, 6) is -0.164. The van der Waals surface area contributed by atoms with E-state index in [1.807, 2.05) is 0 Å². The number of amides is 1. The Morgan fingerprint density at radius 2 is 1.66 bits per heavy atom. The number of carbonyl (C=O) groups excluding carboxylic acids is 1. The van der Waals surface area contributed by atoms with Crippen molar-refractivity contribution in [1.29, 1.82) is 0 Å². The maximum atomic E-state index is 12.7. The number of rotatable bonds is 6. The summed E-state index contributed by atoms with van der Waals surface area (Å²) in [6.45, 7) is 0. The van der Waals surface area contributed by atoms with Crippen molar-refractivity contribution < 1.29 is 22.0 Å². The van der Waals surface area contributed by atoms with Crippen molar-refractivity contribution in [2.24, 2.45) is 0 Å². The third-order valence-electron chi connectivity index (χ3n) is 3.85. The topological polar surface area (TPSA) is 127 Å². The number of sulfonamides is 1. The summed E-state index contributed by atoms with van der Waals surface area (Å²) in [7, 11) is -3.86. The third-order valence-corrected chi connectivity index (χ3v) is 5.23. The molecular weight excluding hydrogens is 396 g/mol. The number of anilines is 2.